The number of amides is 2. The second-order valence-electron chi connectivity index (χ2n) is 3.95. The molecule has 2 amide bonds. The fourth-order valence-corrected chi connectivity index (χ4v) is 1.50. The van der Waals surface area contributed by atoms with Crippen LogP contribution in [0, 0.1) is 0 Å². The molecule has 1 fully saturated rings. The highest BCUT2D eigenvalue weighted by atomic mass is 79.9. The maximum absolute atomic E-state index is 11.5. The Morgan fingerprint density at radius 2 is 2.24 bits per heavy atom. The molecule has 1 heterocycles. The van der Waals surface area contributed by atoms with Gasteiger partial charge in [0, 0.05) is 12.2 Å². The number of halogens is 1. The zero-order valence-electron chi connectivity index (χ0n) is 9.15. The summed E-state index contributed by atoms with van der Waals surface area (Å²) in [5, 5.41) is 9.74. The number of hydrogen-bond donors (Lipinski definition) is 2. The van der Waals surface area contributed by atoms with Gasteiger partial charge in [-0.15, -0.1) is 0 Å². The van der Waals surface area contributed by atoms with Crippen LogP contribution in [0.3, 0.4) is 0 Å². The van der Waals surface area contributed by atoms with Crippen molar-refractivity contribution in [1.82, 2.24) is 15.1 Å². The Morgan fingerprint density at radius 1 is 1.47 bits per heavy atom. The summed E-state index contributed by atoms with van der Waals surface area (Å²) in [7, 11) is 0. The van der Waals surface area contributed by atoms with Crippen molar-refractivity contribution in [2.24, 2.45) is 0 Å². The summed E-state index contributed by atoms with van der Waals surface area (Å²) in [5.74, 6) is -0.194. The van der Waals surface area contributed by atoms with E-state index in [2.05, 4.69) is 31.7 Å². The lowest BCUT2D eigenvalue weighted by Gasteiger charge is -2.02. The molecule has 92 valence electrons. The van der Waals surface area contributed by atoms with E-state index in [0.29, 0.717) is 11.7 Å². The molecule has 0 bridgehead atoms. The molecular weight excluding hydrogens is 288 g/mol. The van der Waals surface area contributed by atoms with Gasteiger partial charge in [-0.1, -0.05) is 15.9 Å². The van der Waals surface area contributed by atoms with Gasteiger partial charge < -0.3 is 10.6 Å². The Morgan fingerprint density at radius 3 is 2.88 bits per heavy atom. The first kappa shape index (κ1) is 12.1. The van der Waals surface area contributed by atoms with Crippen LogP contribution in [0.15, 0.2) is 12.4 Å². The van der Waals surface area contributed by atoms with E-state index in [9.17, 15) is 9.59 Å². The highest BCUT2D eigenvalue weighted by molar-refractivity contribution is 9.09. The normalized spacial score (nSPS) is 14.4. The minimum atomic E-state index is -0.146. The molecule has 0 unspecified atom stereocenters. The number of alkyl halides is 1. The molecule has 1 aliphatic carbocycles. The number of hydrogen-bond acceptors (Lipinski definition) is 3. The summed E-state index contributed by atoms with van der Waals surface area (Å²) in [5.41, 5.74) is 0.591. The molecular formula is C10H13BrN4O2. The summed E-state index contributed by atoms with van der Waals surface area (Å²) >= 11 is 3.05. The Bertz CT molecular complexity index is 428. The molecule has 0 aromatic carbocycles. The molecule has 0 spiro atoms. The largest absolute Gasteiger partial charge is 0.352 e. The van der Waals surface area contributed by atoms with Crippen LogP contribution in [-0.4, -0.2) is 33.0 Å². The van der Waals surface area contributed by atoms with Crippen LogP contribution in [-0.2, 0) is 16.1 Å². The molecule has 1 aromatic rings. The number of aromatic nitrogens is 2. The number of nitrogens with zero attached hydrogens (tertiary/aromatic N) is 2. The molecule has 0 radical (unpaired) electrons. The maximum atomic E-state index is 11.5. The van der Waals surface area contributed by atoms with E-state index < -0.39 is 0 Å². The van der Waals surface area contributed by atoms with Gasteiger partial charge in [-0.25, -0.2) is 0 Å². The van der Waals surface area contributed by atoms with Crippen molar-refractivity contribution >= 4 is 33.4 Å². The van der Waals surface area contributed by atoms with Gasteiger partial charge in [-0.2, -0.15) is 5.10 Å². The van der Waals surface area contributed by atoms with Crippen molar-refractivity contribution in [3.8, 4) is 0 Å². The molecule has 1 saturated carbocycles. The van der Waals surface area contributed by atoms with Crippen molar-refractivity contribution in [1.29, 1.82) is 0 Å². The van der Waals surface area contributed by atoms with Crippen molar-refractivity contribution in [2.45, 2.75) is 25.4 Å². The van der Waals surface area contributed by atoms with E-state index in [4.69, 9.17) is 0 Å². The van der Waals surface area contributed by atoms with Gasteiger partial charge in [0.2, 0.25) is 11.8 Å². The predicted octanol–water partition coefficient (Wildman–Crippen LogP) is 0.495. The minimum absolute atomic E-state index is 0.0473. The van der Waals surface area contributed by atoms with Crippen LogP contribution >= 0.6 is 15.9 Å². The molecule has 0 aliphatic heterocycles. The quantitative estimate of drug-likeness (QED) is 0.777. The summed E-state index contributed by atoms with van der Waals surface area (Å²) in [6.45, 7) is 0.181. The van der Waals surface area contributed by atoms with Crippen molar-refractivity contribution in [3.05, 3.63) is 12.4 Å². The molecule has 0 saturated heterocycles. The highest BCUT2D eigenvalue weighted by Crippen LogP contribution is 2.18. The molecule has 6 nitrogen and oxygen atoms in total. The van der Waals surface area contributed by atoms with Crippen LogP contribution in [0.5, 0.6) is 0 Å². The second kappa shape index (κ2) is 5.31. The van der Waals surface area contributed by atoms with E-state index in [1.165, 1.54) is 10.9 Å². The third-order valence-corrected chi connectivity index (χ3v) is 2.80. The molecule has 0 atom stereocenters. The van der Waals surface area contributed by atoms with Gasteiger partial charge in [-0.05, 0) is 12.8 Å². The fourth-order valence-electron chi connectivity index (χ4n) is 1.36. The Balaban J connectivity index is 1.84. The second-order valence-corrected chi connectivity index (χ2v) is 4.51. The van der Waals surface area contributed by atoms with E-state index in [1.54, 1.807) is 6.20 Å². The number of carbonyl (C=O) groups is 2. The third kappa shape index (κ3) is 3.85. The van der Waals surface area contributed by atoms with Gasteiger partial charge in [-0.3, -0.25) is 14.3 Å². The molecule has 2 N–H and O–H groups in total. The van der Waals surface area contributed by atoms with Crippen LogP contribution < -0.4 is 10.6 Å². The lowest BCUT2D eigenvalue weighted by Crippen LogP contribution is -2.29. The van der Waals surface area contributed by atoms with Crippen molar-refractivity contribution in [3.63, 3.8) is 0 Å². The van der Waals surface area contributed by atoms with Gasteiger partial charge in [0.05, 0.1) is 17.2 Å². The predicted molar refractivity (Wildman–Crippen MR) is 65.8 cm³/mol. The zero-order chi connectivity index (χ0) is 12.3. The van der Waals surface area contributed by atoms with Gasteiger partial charge in [0.25, 0.3) is 0 Å². The van der Waals surface area contributed by atoms with Crippen molar-refractivity contribution in [2.75, 3.05) is 10.6 Å². The first-order valence-corrected chi connectivity index (χ1v) is 6.47. The Labute approximate surface area is 107 Å². The number of anilines is 1. The number of rotatable bonds is 5. The van der Waals surface area contributed by atoms with E-state index in [0.717, 1.165) is 12.8 Å². The average molecular weight is 301 g/mol. The topological polar surface area (TPSA) is 76.0 Å². The lowest BCUT2D eigenvalue weighted by molar-refractivity contribution is -0.122. The average Bonchev–Trinajstić information content (AvgIpc) is 2.99. The molecule has 17 heavy (non-hydrogen) atoms. The van der Waals surface area contributed by atoms with E-state index in [1.807, 2.05) is 0 Å². The third-order valence-electron chi connectivity index (χ3n) is 2.29. The highest BCUT2D eigenvalue weighted by Gasteiger charge is 2.23. The lowest BCUT2D eigenvalue weighted by atomic mass is 10.5. The summed E-state index contributed by atoms with van der Waals surface area (Å²) in [6.07, 6.45) is 5.28. The zero-order valence-corrected chi connectivity index (χ0v) is 10.7. The number of carbonyl (C=O) groups excluding carboxylic acids is 2. The molecule has 1 aromatic heterocycles. The monoisotopic (exact) mass is 300 g/mol. The maximum Gasteiger partial charge on any atom is 0.241 e. The van der Waals surface area contributed by atoms with Crippen LogP contribution in [0.1, 0.15) is 12.8 Å². The first-order chi connectivity index (χ1) is 8.17. The SMILES string of the molecule is O=C(CBr)Nc1cnn(CC(=O)NC2CC2)c1. The molecule has 7 heteroatoms. The van der Waals surface area contributed by atoms with Crippen LogP contribution in [0.4, 0.5) is 5.69 Å². The fraction of sp³-hybridized carbons (Fsp3) is 0.500. The van der Waals surface area contributed by atoms with Crippen LogP contribution in [0.2, 0.25) is 0 Å². The van der Waals surface area contributed by atoms with Gasteiger partial charge in [0.1, 0.15) is 6.54 Å². The summed E-state index contributed by atoms with van der Waals surface area (Å²) in [6, 6.07) is 0.352. The van der Waals surface area contributed by atoms with Gasteiger partial charge >= 0.3 is 0 Å². The molecule has 2 rings (SSSR count). The summed E-state index contributed by atoms with van der Waals surface area (Å²) in [4.78, 5) is 22.6. The van der Waals surface area contributed by atoms with Crippen molar-refractivity contribution < 1.29 is 9.59 Å². The van der Waals surface area contributed by atoms with E-state index >= 15 is 0 Å². The Hall–Kier alpha value is -1.37. The number of nitrogens with one attached hydrogen (secondary N) is 2. The van der Waals surface area contributed by atoms with Gasteiger partial charge in [0.15, 0.2) is 0 Å². The smallest absolute Gasteiger partial charge is 0.241 e. The first-order valence-electron chi connectivity index (χ1n) is 5.35. The summed E-state index contributed by atoms with van der Waals surface area (Å²) < 4.78 is 1.50. The molecule has 1 aliphatic rings. The van der Waals surface area contributed by atoms with Crippen LogP contribution in [0.25, 0.3) is 0 Å². The Kier molecular flexibility index (Phi) is 3.78. The minimum Gasteiger partial charge on any atom is -0.352 e. The standard InChI is InChI=1S/C10H13BrN4O2/c11-3-9(16)14-8-4-12-15(5-8)6-10(17)13-7-1-2-7/h4-5,7H,1-3,6H2,(H,13,17)(H,14,16). The van der Waals surface area contributed by atoms with E-state index in [-0.39, 0.29) is 23.7 Å².